The minimum absolute atomic E-state index is 0.0688. The lowest BCUT2D eigenvalue weighted by Crippen LogP contribution is -2.45. The summed E-state index contributed by atoms with van der Waals surface area (Å²) in [5, 5.41) is 13.0. The molecule has 2 aromatic carbocycles. The maximum atomic E-state index is 13.2. The lowest BCUT2D eigenvalue weighted by Gasteiger charge is -2.32. The first kappa shape index (κ1) is 27.0. The number of rotatable bonds is 7. The van der Waals surface area contributed by atoms with Crippen molar-refractivity contribution in [1.82, 2.24) is 10.3 Å². The third kappa shape index (κ3) is 6.62. The standard InChI is InChI=1S/C30H34N2O6/c1-19-12-14-21(15-13-19)18-22-8-7-11-24(32-29(34)26-27(33)25(36-3)16-17-31-26)30(35)37-20(2)28(22)38-23-9-5-4-6-10-23/h4-6,9-10,12-17,20,22,24,28,33H,7-8,11,18H2,1-3H3,(H,32,34). The molecule has 8 heteroatoms. The Balaban J connectivity index is 1.55. The van der Waals surface area contributed by atoms with Gasteiger partial charge in [-0.1, -0.05) is 54.4 Å². The van der Waals surface area contributed by atoms with Gasteiger partial charge in [0, 0.05) is 18.2 Å². The van der Waals surface area contributed by atoms with Crippen LogP contribution in [0.4, 0.5) is 0 Å². The van der Waals surface area contributed by atoms with Gasteiger partial charge in [0.15, 0.2) is 17.2 Å². The van der Waals surface area contributed by atoms with E-state index in [-0.39, 0.29) is 29.2 Å². The smallest absolute Gasteiger partial charge is 0.329 e. The molecule has 8 nitrogen and oxygen atoms in total. The van der Waals surface area contributed by atoms with Gasteiger partial charge in [0.05, 0.1) is 7.11 Å². The van der Waals surface area contributed by atoms with E-state index >= 15 is 0 Å². The average Bonchev–Trinajstić information content (AvgIpc) is 2.96. The zero-order valence-electron chi connectivity index (χ0n) is 21.9. The largest absolute Gasteiger partial charge is 0.503 e. The summed E-state index contributed by atoms with van der Waals surface area (Å²) >= 11 is 0. The first-order valence-electron chi connectivity index (χ1n) is 12.9. The number of cyclic esters (lactones) is 1. The van der Waals surface area contributed by atoms with Crippen molar-refractivity contribution < 1.29 is 28.9 Å². The van der Waals surface area contributed by atoms with Crippen molar-refractivity contribution in [1.29, 1.82) is 0 Å². The van der Waals surface area contributed by atoms with E-state index in [0.29, 0.717) is 18.6 Å². The van der Waals surface area contributed by atoms with E-state index in [0.717, 1.165) is 12.8 Å². The van der Waals surface area contributed by atoms with Crippen LogP contribution >= 0.6 is 0 Å². The van der Waals surface area contributed by atoms with Crippen LogP contribution in [0.25, 0.3) is 0 Å². The number of aromatic hydroxyl groups is 1. The normalized spacial score (nSPS) is 21.8. The molecule has 0 radical (unpaired) electrons. The molecule has 1 aromatic heterocycles. The molecule has 0 aliphatic carbocycles. The molecule has 1 aliphatic heterocycles. The van der Waals surface area contributed by atoms with Crippen LogP contribution in [-0.2, 0) is 16.0 Å². The highest BCUT2D eigenvalue weighted by atomic mass is 16.6. The number of para-hydroxylation sites is 1. The van der Waals surface area contributed by atoms with E-state index in [1.165, 1.54) is 30.5 Å². The molecule has 200 valence electrons. The van der Waals surface area contributed by atoms with Gasteiger partial charge in [0.25, 0.3) is 5.91 Å². The van der Waals surface area contributed by atoms with E-state index in [4.69, 9.17) is 14.2 Å². The number of benzene rings is 2. The van der Waals surface area contributed by atoms with Crippen molar-refractivity contribution in [3.05, 3.63) is 83.7 Å². The Morgan fingerprint density at radius 2 is 1.84 bits per heavy atom. The van der Waals surface area contributed by atoms with Crippen LogP contribution in [0.2, 0.25) is 0 Å². The second-order valence-electron chi connectivity index (χ2n) is 9.65. The van der Waals surface area contributed by atoms with Gasteiger partial charge in [0.1, 0.15) is 24.0 Å². The Bertz CT molecular complexity index is 1230. The number of aromatic nitrogens is 1. The monoisotopic (exact) mass is 518 g/mol. The van der Waals surface area contributed by atoms with E-state index in [2.05, 4.69) is 41.5 Å². The number of carbonyl (C=O) groups is 2. The summed E-state index contributed by atoms with van der Waals surface area (Å²) in [5.74, 6) is -0.714. The Morgan fingerprint density at radius 3 is 2.55 bits per heavy atom. The molecule has 4 unspecified atom stereocenters. The van der Waals surface area contributed by atoms with Gasteiger partial charge in [-0.05, 0) is 50.8 Å². The summed E-state index contributed by atoms with van der Waals surface area (Å²) in [6.45, 7) is 3.88. The van der Waals surface area contributed by atoms with Crippen LogP contribution in [0.5, 0.6) is 17.2 Å². The molecule has 2 heterocycles. The lowest BCUT2D eigenvalue weighted by molar-refractivity contribution is -0.156. The van der Waals surface area contributed by atoms with Gasteiger partial charge >= 0.3 is 5.97 Å². The van der Waals surface area contributed by atoms with Gasteiger partial charge in [-0.15, -0.1) is 0 Å². The fourth-order valence-corrected chi connectivity index (χ4v) is 4.80. The summed E-state index contributed by atoms with van der Waals surface area (Å²) < 4.78 is 17.4. The number of ether oxygens (including phenoxy) is 3. The van der Waals surface area contributed by atoms with Gasteiger partial charge in [-0.2, -0.15) is 0 Å². The molecule has 38 heavy (non-hydrogen) atoms. The molecule has 1 aliphatic rings. The molecule has 3 aromatic rings. The number of carbonyl (C=O) groups excluding carboxylic acids is 2. The highest BCUT2D eigenvalue weighted by Gasteiger charge is 2.36. The number of amides is 1. The molecule has 1 saturated heterocycles. The number of nitrogens with zero attached hydrogens (tertiary/aromatic N) is 1. The van der Waals surface area contributed by atoms with Crippen molar-refractivity contribution in [3.63, 3.8) is 0 Å². The van der Waals surface area contributed by atoms with Crippen LogP contribution in [0.1, 0.15) is 47.8 Å². The highest BCUT2D eigenvalue weighted by Crippen LogP contribution is 2.30. The number of methoxy groups -OCH3 is 1. The molecule has 0 bridgehead atoms. The van der Waals surface area contributed by atoms with Gasteiger partial charge < -0.3 is 24.6 Å². The Hall–Kier alpha value is -4.07. The van der Waals surface area contributed by atoms with Crippen LogP contribution in [0.3, 0.4) is 0 Å². The highest BCUT2D eigenvalue weighted by molar-refractivity contribution is 5.97. The topological polar surface area (TPSA) is 107 Å². The first-order chi connectivity index (χ1) is 18.4. The minimum atomic E-state index is -0.896. The van der Waals surface area contributed by atoms with E-state index in [1.807, 2.05) is 37.3 Å². The molecular formula is C30H34N2O6. The van der Waals surface area contributed by atoms with Crippen molar-refractivity contribution in [2.75, 3.05) is 7.11 Å². The Kier molecular flexibility index (Phi) is 8.84. The first-order valence-corrected chi connectivity index (χ1v) is 12.9. The third-order valence-corrected chi connectivity index (χ3v) is 6.84. The van der Waals surface area contributed by atoms with Crippen molar-refractivity contribution in [2.24, 2.45) is 5.92 Å². The number of esters is 1. The van der Waals surface area contributed by atoms with Crippen LogP contribution < -0.4 is 14.8 Å². The lowest BCUT2D eigenvalue weighted by atomic mass is 9.86. The maximum absolute atomic E-state index is 13.2. The zero-order chi connectivity index (χ0) is 27.1. The number of nitrogens with one attached hydrogen (secondary N) is 1. The predicted molar refractivity (Wildman–Crippen MR) is 142 cm³/mol. The fourth-order valence-electron chi connectivity index (χ4n) is 4.80. The second-order valence-corrected chi connectivity index (χ2v) is 9.65. The third-order valence-electron chi connectivity index (χ3n) is 6.84. The van der Waals surface area contributed by atoms with Crippen molar-refractivity contribution >= 4 is 11.9 Å². The van der Waals surface area contributed by atoms with Crippen molar-refractivity contribution in [3.8, 4) is 17.2 Å². The quantitative estimate of drug-likeness (QED) is 0.440. The summed E-state index contributed by atoms with van der Waals surface area (Å²) in [4.78, 5) is 30.1. The number of hydrogen-bond donors (Lipinski definition) is 2. The molecule has 2 N–H and O–H groups in total. The summed E-state index contributed by atoms with van der Waals surface area (Å²) in [6.07, 6.45) is 2.97. The van der Waals surface area contributed by atoms with E-state index < -0.39 is 24.0 Å². The molecule has 4 atom stereocenters. The maximum Gasteiger partial charge on any atom is 0.329 e. The zero-order valence-corrected chi connectivity index (χ0v) is 21.9. The van der Waals surface area contributed by atoms with E-state index in [9.17, 15) is 14.7 Å². The Morgan fingerprint density at radius 1 is 1.11 bits per heavy atom. The molecule has 0 spiro atoms. The molecular weight excluding hydrogens is 484 g/mol. The molecule has 4 rings (SSSR count). The van der Waals surface area contributed by atoms with E-state index in [1.54, 1.807) is 0 Å². The predicted octanol–water partition coefficient (Wildman–Crippen LogP) is 4.62. The summed E-state index contributed by atoms with van der Waals surface area (Å²) in [5.41, 5.74) is 2.16. The van der Waals surface area contributed by atoms with Crippen LogP contribution in [0, 0.1) is 12.8 Å². The number of pyridine rings is 1. The molecule has 1 fully saturated rings. The summed E-state index contributed by atoms with van der Waals surface area (Å²) in [6, 6.07) is 18.5. The van der Waals surface area contributed by atoms with Crippen LogP contribution in [0.15, 0.2) is 66.9 Å². The Labute approximate surface area is 223 Å². The minimum Gasteiger partial charge on any atom is -0.503 e. The average molecular weight is 519 g/mol. The molecule has 1 amide bonds. The molecule has 0 saturated carbocycles. The number of hydrogen-bond acceptors (Lipinski definition) is 7. The van der Waals surface area contributed by atoms with Gasteiger partial charge in [-0.3, -0.25) is 4.79 Å². The second kappa shape index (κ2) is 12.4. The number of aryl methyl sites for hydroxylation is 1. The SMILES string of the molecule is COc1ccnc(C(=O)NC2CCCC(Cc3ccc(C)cc3)C(Oc3ccccc3)C(C)OC2=O)c1O. The van der Waals surface area contributed by atoms with Gasteiger partial charge in [-0.25, -0.2) is 9.78 Å². The van der Waals surface area contributed by atoms with Crippen molar-refractivity contribution in [2.45, 2.75) is 57.8 Å². The fraction of sp³-hybridized carbons (Fsp3) is 0.367. The van der Waals surface area contributed by atoms with Crippen LogP contribution in [-0.4, -0.2) is 47.3 Å². The van der Waals surface area contributed by atoms with Gasteiger partial charge in [0.2, 0.25) is 0 Å². The summed E-state index contributed by atoms with van der Waals surface area (Å²) in [7, 11) is 1.38.